The van der Waals surface area contributed by atoms with Gasteiger partial charge in [0.25, 0.3) is 0 Å². The fourth-order valence-electron chi connectivity index (χ4n) is 3.17. The second-order valence-electron chi connectivity index (χ2n) is 7.73. The SMILES string of the molecule is Cc1c(C(C)NS(=O)(=O)CCCCCN2CC(=O)NC2=O)noc1OCC1CC1. The Balaban J connectivity index is 1.39. The second kappa shape index (κ2) is 9.12. The number of nitrogens with one attached hydrogen (secondary N) is 2. The van der Waals surface area contributed by atoms with Gasteiger partial charge in [0.05, 0.1) is 24.0 Å². The van der Waals surface area contributed by atoms with E-state index < -0.39 is 16.1 Å². The molecule has 1 atom stereocenters. The summed E-state index contributed by atoms with van der Waals surface area (Å²) in [5.41, 5.74) is 1.23. The molecule has 10 nitrogen and oxygen atoms in total. The number of hydrogen-bond acceptors (Lipinski definition) is 7. The maximum absolute atomic E-state index is 12.4. The number of hydrogen-bond donors (Lipinski definition) is 2. The number of nitrogens with zero attached hydrogens (tertiary/aromatic N) is 2. The van der Waals surface area contributed by atoms with Crippen molar-refractivity contribution < 1.29 is 27.3 Å². The molecular weight excluding hydrogens is 400 g/mol. The van der Waals surface area contributed by atoms with Crippen LogP contribution < -0.4 is 14.8 Å². The first-order chi connectivity index (χ1) is 13.7. The lowest BCUT2D eigenvalue weighted by Gasteiger charge is -2.14. The van der Waals surface area contributed by atoms with Gasteiger partial charge >= 0.3 is 12.0 Å². The Kier molecular flexibility index (Phi) is 6.78. The lowest BCUT2D eigenvalue weighted by Crippen LogP contribution is -2.30. The number of imide groups is 1. The van der Waals surface area contributed by atoms with Gasteiger partial charge in [-0.3, -0.25) is 10.1 Å². The van der Waals surface area contributed by atoms with Crippen LogP contribution in [0, 0.1) is 12.8 Å². The van der Waals surface area contributed by atoms with Gasteiger partial charge in [0.1, 0.15) is 12.2 Å². The molecule has 0 aromatic carbocycles. The summed E-state index contributed by atoms with van der Waals surface area (Å²) in [5, 5.41) is 6.18. The molecule has 1 unspecified atom stereocenters. The van der Waals surface area contributed by atoms with E-state index in [1.165, 1.54) is 17.7 Å². The number of carbonyl (C=O) groups excluding carboxylic acids is 2. The van der Waals surface area contributed by atoms with Crippen LogP contribution in [0.2, 0.25) is 0 Å². The molecule has 1 aliphatic carbocycles. The van der Waals surface area contributed by atoms with Crippen LogP contribution in [0.15, 0.2) is 4.52 Å². The van der Waals surface area contributed by atoms with E-state index in [1.807, 2.05) is 0 Å². The minimum atomic E-state index is -3.49. The fourth-order valence-corrected chi connectivity index (χ4v) is 4.52. The van der Waals surface area contributed by atoms with Crippen LogP contribution in [0.1, 0.15) is 56.3 Å². The van der Waals surface area contributed by atoms with Crippen LogP contribution in [-0.2, 0) is 14.8 Å². The Morgan fingerprint density at radius 2 is 2.07 bits per heavy atom. The second-order valence-corrected chi connectivity index (χ2v) is 9.60. The molecule has 11 heteroatoms. The third-order valence-electron chi connectivity index (χ3n) is 5.04. The monoisotopic (exact) mass is 428 g/mol. The third-order valence-corrected chi connectivity index (χ3v) is 6.58. The smallest absolute Gasteiger partial charge is 0.324 e. The predicted molar refractivity (Wildman–Crippen MR) is 104 cm³/mol. The van der Waals surface area contributed by atoms with E-state index >= 15 is 0 Å². The van der Waals surface area contributed by atoms with E-state index in [-0.39, 0.29) is 24.2 Å². The Morgan fingerprint density at radius 1 is 1.31 bits per heavy atom. The van der Waals surface area contributed by atoms with Crippen molar-refractivity contribution in [1.82, 2.24) is 20.1 Å². The number of aromatic nitrogens is 1. The van der Waals surface area contributed by atoms with Crippen LogP contribution in [-0.4, -0.2) is 55.9 Å². The van der Waals surface area contributed by atoms with Crippen molar-refractivity contribution in [2.75, 3.05) is 25.4 Å². The van der Waals surface area contributed by atoms with Gasteiger partial charge in [-0.15, -0.1) is 0 Å². The Morgan fingerprint density at radius 3 is 2.72 bits per heavy atom. The third kappa shape index (κ3) is 6.17. The number of rotatable bonds is 12. The molecule has 3 amide bonds. The molecule has 1 aromatic rings. The van der Waals surface area contributed by atoms with Gasteiger partial charge in [-0.25, -0.2) is 17.9 Å². The maximum Gasteiger partial charge on any atom is 0.324 e. The van der Waals surface area contributed by atoms with Crippen molar-refractivity contribution in [3.8, 4) is 5.95 Å². The van der Waals surface area contributed by atoms with Crippen molar-refractivity contribution >= 4 is 22.0 Å². The van der Waals surface area contributed by atoms with Crippen molar-refractivity contribution in [2.24, 2.45) is 5.92 Å². The quantitative estimate of drug-likeness (QED) is 0.381. The molecule has 3 rings (SSSR count). The van der Waals surface area contributed by atoms with Gasteiger partial charge < -0.3 is 14.2 Å². The summed E-state index contributed by atoms with van der Waals surface area (Å²) >= 11 is 0. The molecule has 1 saturated heterocycles. The average Bonchev–Trinajstić information content (AvgIpc) is 3.31. The fraction of sp³-hybridized carbons (Fsp3) is 0.722. The normalized spacial score (nSPS) is 18.2. The Hall–Kier alpha value is -2.14. The van der Waals surface area contributed by atoms with Gasteiger partial charge in [-0.2, -0.15) is 0 Å². The first kappa shape index (κ1) is 21.6. The molecule has 0 bridgehead atoms. The number of urea groups is 1. The highest BCUT2D eigenvalue weighted by Gasteiger charge is 2.27. The highest BCUT2D eigenvalue weighted by Crippen LogP contribution is 2.32. The topological polar surface area (TPSA) is 131 Å². The zero-order valence-corrected chi connectivity index (χ0v) is 17.6. The maximum atomic E-state index is 12.4. The lowest BCUT2D eigenvalue weighted by molar-refractivity contribution is -0.118. The summed E-state index contributed by atoms with van der Waals surface area (Å²) in [5.74, 6) is 0.603. The van der Waals surface area contributed by atoms with Gasteiger partial charge in [-0.1, -0.05) is 11.6 Å². The minimum Gasteiger partial charge on any atom is -0.463 e. The van der Waals surface area contributed by atoms with E-state index in [2.05, 4.69) is 15.2 Å². The molecule has 2 N–H and O–H groups in total. The van der Waals surface area contributed by atoms with Crippen molar-refractivity contribution in [1.29, 1.82) is 0 Å². The van der Waals surface area contributed by atoms with Crippen LogP contribution in [0.4, 0.5) is 4.79 Å². The molecular formula is C18H28N4O6S. The number of unbranched alkanes of at least 4 members (excludes halogenated alkanes) is 2. The molecule has 0 spiro atoms. The lowest BCUT2D eigenvalue weighted by atomic mass is 10.2. The summed E-state index contributed by atoms with van der Waals surface area (Å²) < 4.78 is 38.2. The van der Waals surface area contributed by atoms with Gasteiger partial charge in [0.15, 0.2) is 0 Å². The van der Waals surface area contributed by atoms with Crippen LogP contribution >= 0.6 is 0 Å². The van der Waals surface area contributed by atoms with Crippen LogP contribution in [0.3, 0.4) is 0 Å². The largest absolute Gasteiger partial charge is 0.463 e. The zero-order valence-electron chi connectivity index (χ0n) is 16.8. The molecule has 2 heterocycles. The molecule has 2 aliphatic rings. The molecule has 1 aromatic heterocycles. The summed E-state index contributed by atoms with van der Waals surface area (Å²) in [4.78, 5) is 24.0. The summed E-state index contributed by atoms with van der Waals surface area (Å²) in [6.45, 7) is 4.62. The summed E-state index contributed by atoms with van der Waals surface area (Å²) in [6.07, 6.45) is 4.06. The molecule has 29 heavy (non-hydrogen) atoms. The Labute approximate surface area is 170 Å². The van der Waals surface area contributed by atoms with Gasteiger partial charge in [-0.05, 0) is 45.4 Å². The first-order valence-corrected chi connectivity index (χ1v) is 11.6. The highest BCUT2D eigenvalue weighted by atomic mass is 32.2. The number of ether oxygens (including phenoxy) is 1. The zero-order chi connectivity index (χ0) is 21.0. The van der Waals surface area contributed by atoms with Crippen LogP contribution in [0.25, 0.3) is 0 Å². The molecule has 1 aliphatic heterocycles. The Bertz CT molecular complexity index is 849. The minimum absolute atomic E-state index is 0.0234. The van der Waals surface area contributed by atoms with E-state index in [1.54, 1.807) is 13.8 Å². The van der Waals surface area contributed by atoms with Crippen molar-refractivity contribution in [3.05, 3.63) is 11.3 Å². The number of sulfonamides is 1. The van der Waals surface area contributed by atoms with E-state index in [4.69, 9.17) is 9.26 Å². The van der Waals surface area contributed by atoms with E-state index in [0.29, 0.717) is 55.5 Å². The van der Waals surface area contributed by atoms with Gasteiger partial charge in [0, 0.05) is 6.54 Å². The summed E-state index contributed by atoms with van der Waals surface area (Å²) in [6, 6.07) is -0.914. The number of amides is 3. The van der Waals surface area contributed by atoms with E-state index in [0.717, 1.165) is 0 Å². The molecule has 2 fully saturated rings. The average molecular weight is 429 g/mol. The summed E-state index contributed by atoms with van der Waals surface area (Å²) in [7, 11) is -3.49. The molecule has 1 saturated carbocycles. The first-order valence-electron chi connectivity index (χ1n) is 9.93. The molecule has 0 radical (unpaired) electrons. The highest BCUT2D eigenvalue weighted by molar-refractivity contribution is 7.89. The van der Waals surface area contributed by atoms with Crippen LogP contribution in [0.5, 0.6) is 5.95 Å². The standard InChI is InChI=1S/C18H28N4O6S/c1-12-16(20-28-17(12)27-11-14-6-7-14)13(2)21-29(25,26)9-5-3-4-8-22-10-15(23)19-18(22)24/h13-14,21H,3-11H2,1-2H3,(H,19,23,24). The van der Waals surface area contributed by atoms with Gasteiger partial charge in [0.2, 0.25) is 15.9 Å². The van der Waals surface area contributed by atoms with Crippen molar-refractivity contribution in [2.45, 2.75) is 52.0 Å². The van der Waals surface area contributed by atoms with Crippen molar-refractivity contribution in [3.63, 3.8) is 0 Å². The molecule has 162 valence electrons. The van der Waals surface area contributed by atoms with E-state index in [9.17, 15) is 18.0 Å². The number of carbonyl (C=O) groups is 2. The predicted octanol–water partition coefficient (Wildman–Crippen LogP) is 1.47.